The fraction of sp³-hybridized carbons (Fsp3) is 0.238. The van der Waals surface area contributed by atoms with E-state index in [-0.39, 0.29) is 12.3 Å². The second-order valence-electron chi connectivity index (χ2n) is 6.28. The van der Waals surface area contributed by atoms with Gasteiger partial charge in [-0.15, -0.1) is 11.3 Å². The second-order valence-corrected chi connectivity index (χ2v) is 7.71. The molecule has 2 aromatic carbocycles. The number of ether oxygens (including phenoxy) is 1. The molecule has 0 saturated heterocycles. The Morgan fingerprint density at radius 1 is 1.18 bits per heavy atom. The first-order chi connectivity index (χ1) is 13.5. The zero-order valence-corrected chi connectivity index (χ0v) is 16.8. The molecule has 146 valence electrons. The van der Waals surface area contributed by atoms with Crippen LogP contribution in [-0.2, 0) is 4.79 Å². The molecule has 1 aromatic heterocycles. The fourth-order valence-electron chi connectivity index (χ4n) is 2.83. The number of hydrogen-bond acceptors (Lipinski definition) is 4. The summed E-state index contributed by atoms with van der Waals surface area (Å²) in [4.78, 5) is 24.5. The Morgan fingerprint density at radius 2 is 1.89 bits per heavy atom. The molecule has 3 aromatic rings. The van der Waals surface area contributed by atoms with Crippen molar-refractivity contribution in [1.82, 2.24) is 5.32 Å². The van der Waals surface area contributed by atoms with Gasteiger partial charge in [-0.3, -0.25) is 9.59 Å². The van der Waals surface area contributed by atoms with E-state index in [1.165, 1.54) is 11.3 Å². The van der Waals surface area contributed by atoms with Gasteiger partial charge in [-0.2, -0.15) is 0 Å². The maximum atomic E-state index is 12.8. The highest BCUT2D eigenvalue weighted by molar-refractivity contribution is 7.21. The van der Waals surface area contributed by atoms with Crippen molar-refractivity contribution in [3.63, 3.8) is 0 Å². The van der Waals surface area contributed by atoms with Gasteiger partial charge in [0.1, 0.15) is 10.6 Å². The van der Waals surface area contributed by atoms with Gasteiger partial charge in [0.2, 0.25) is 0 Å². The first-order valence-electron chi connectivity index (χ1n) is 8.92. The van der Waals surface area contributed by atoms with Gasteiger partial charge >= 0.3 is 5.97 Å². The minimum Gasteiger partial charge on any atom is -0.494 e. The van der Waals surface area contributed by atoms with E-state index in [4.69, 9.17) is 16.3 Å². The Labute approximate surface area is 171 Å². The van der Waals surface area contributed by atoms with Gasteiger partial charge in [0, 0.05) is 10.1 Å². The molecule has 0 radical (unpaired) electrons. The van der Waals surface area contributed by atoms with Gasteiger partial charge in [-0.25, -0.2) is 0 Å². The number of benzene rings is 2. The Kier molecular flexibility index (Phi) is 6.54. The molecule has 0 aliphatic carbocycles. The van der Waals surface area contributed by atoms with Crippen molar-refractivity contribution < 1.29 is 19.4 Å². The maximum Gasteiger partial charge on any atom is 0.305 e. The smallest absolute Gasteiger partial charge is 0.305 e. The molecular weight excluding hydrogens is 398 g/mol. The monoisotopic (exact) mass is 417 g/mol. The van der Waals surface area contributed by atoms with Crippen LogP contribution < -0.4 is 10.1 Å². The normalized spacial score (nSPS) is 11.9. The average Bonchev–Trinajstić information content (AvgIpc) is 3.03. The number of carboxylic acids is 1. The number of halogens is 1. The van der Waals surface area contributed by atoms with Gasteiger partial charge in [0.05, 0.1) is 24.1 Å². The van der Waals surface area contributed by atoms with E-state index < -0.39 is 12.0 Å². The van der Waals surface area contributed by atoms with Crippen molar-refractivity contribution in [1.29, 1.82) is 0 Å². The van der Waals surface area contributed by atoms with E-state index in [9.17, 15) is 14.7 Å². The minimum atomic E-state index is -1.00. The van der Waals surface area contributed by atoms with Crippen molar-refractivity contribution >= 4 is 44.9 Å². The lowest BCUT2D eigenvalue weighted by molar-refractivity contribution is -0.137. The van der Waals surface area contributed by atoms with Crippen LogP contribution in [-0.4, -0.2) is 23.6 Å². The van der Waals surface area contributed by atoms with E-state index in [1.807, 2.05) is 31.2 Å². The van der Waals surface area contributed by atoms with Gasteiger partial charge < -0.3 is 15.2 Å². The number of thiophene rings is 1. The molecule has 1 amide bonds. The summed E-state index contributed by atoms with van der Waals surface area (Å²) < 4.78 is 6.46. The molecule has 5 nitrogen and oxygen atoms in total. The zero-order chi connectivity index (χ0) is 20.1. The zero-order valence-electron chi connectivity index (χ0n) is 15.3. The largest absolute Gasteiger partial charge is 0.494 e. The highest BCUT2D eigenvalue weighted by Crippen LogP contribution is 2.35. The van der Waals surface area contributed by atoms with Crippen LogP contribution in [0.3, 0.4) is 0 Å². The van der Waals surface area contributed by atoms with Crippen molar-refractivity contribution in [3.8, 4) is 5.75 Å². The van der Waals surface area contributed by atoms with Crippen LogP contribution in [0.1, 0.15) is 41.0 Å². The summed E-state index contributed by atoms with van der Waals surface area (Å²) >= 11 is 7.66. The lowest BCUT2D eigenvalue weighted by atomic mass is 10.0. The standard InChI is InChI=1S/C21H20ClNO4S/c1-2-11-27-14-9-7-13(8-10-14)16(12-18(24)25)23-21(26)20-19(22)15-5-3-4-6-17(15)28-20/h3-10,16H,2,11-12H2,1H3,(H,23,26)(H,24,25)/t16-/m0/s1. The number of nitrogens with one attached hydrogen (secondary N) is 1. The van der Waals surface area contributed by atoms with Crippen molar-refractivity contribution in [2.75, 3.05) is 6.61 Å². The quantitative estimate of drug-likeness (QED) is 0.522. The number of hydrogen-bond donors (Lipinski definition) is 2. The van der Waals surface area contributed by atoms with Crippen LogP contribution in [0.15, 0.2) is 48.5 Å². The number of amides is 1. The van der Waals surface area contributed by atoms with Gasteiger partial charge in [0.15, 0.2) is 0 Å². The Bertz CT molecular complexity index is 984. The number of rotatable bonds is 8. The molecule has 0 fully saturated rings. The highest BCUT2D eigenvalue weighted by Gasteiger charge is 2.23. The molecule has 1 atom stereocenters. The SMILES string of the molecule is CCCOc1ccc([C@H](CC(=O)O)NC(=O)c2sc3ccccc3c2Cl)cc1. The van der Waals surface area contributed by atoms with Crippen LogP contribution in [0.25, 0.3) is 10.1 Å². The molecule has 0 aliphatic rings. The Morgan fingerprint density at radius 3 is 2.54 bits per heavy atom. The molecule has 0 saturated carbocycles. The summed E-state index contributed by atoms with van der Waals surface area (Å²) in [7, 11) is 0. The molecule has 28 heavy (non-hydrogen) atoms. The summed E-state index contributed by atoms with van der Waals surface area (Å²) in [6.45, 7) is 2.63. The third-order valence-corrected chi connectivity index (χ3v) is 5.85. The first-order valence-corrected chi connectivity index (χ1v) is 10.1. The first kappa shape index (κ1) is 20.2. The predicted molar refractivity (Wildman–Crippen MR) is 112 cm³/mol. The summed E-state index contributed by atoms with van der Waals surface area (Å²) in [6, 6.07) is 13.9. The number of carboxylic acid groups (broad SMARTS) is 1. The average molecular weight is 418 g/mol. The van der Waals surface area contributed by atoms with E-state index >= 15 is 0 Å². The maximum absolute atomic E-state index is 12.8. The van der Waals surface area contributed by atoms with Crippen LogP contribution in [0.4, 0.5) is 0 Å². The molecule has 2 N–H and O–H groups in total. The number of aliphatic carboxylic acids is 1. The minimum absolute atomic E-state index is 0.233. The van der Waals surface area contributed by atoms with Gasteiger partial charge in [-0.1, -0.05) is 48.9 Å². The van der Waals surface area contributed by atoms with E-state index in [2.05, 4.69) is 5.32 Å². The molecule has 7 heteroatoms. The Balaban J connectivity index is 1.82. The van der Waals surface area contributed by atoms with Crippen molar-refractivity contribution in [2.45, 2.75) is 25.8 Å². The van der Waals surface area contributed by atoms with E-state index in [0.717, 1.165) is 16.5 Å². The second kappa shape index (κ2) is 9.08. The Hall–Kier alpha value is -2.57. The molecule has 0 aliphatic heterocycles. The number of carbonyl (C=O) groups is 2. The summed E-state index contributed by atoms with van der Waals surface area (Å²) in [5.74, 6) is -0.679. The van der Waals surface area contributed by atoms with Crippen LogP contribution in [0.2, 0.25) is 5.02 Å². The lowest BCUT2D eigenvalue weighted by Gasteiger charge is -2.17. The molecule has 0 bridgehead atoms. The third-order valence-electron chi connectivity index (χ3n) is 4.18. The van der Waals surface area contributed by atoms with Crippen LogP contribution >= 0.6 is 22.9 Å². The van der Waals surface area contributed by atoms with Crippen LogP contribution in [0, 0.1) is 0 Å². The van der Waals surface area contributed by atoms with Crippen LogP contribution in [0.5, 0.6) is 5.75 Å². The highest BCUT2D eigenvalue weighted by atomic mass is 35.5. The van der Waals surface area contributed by atoms with E-state index in [1.54, 1.807) is 24.3 Å². The van der Waals surface area contributed by atoms with Crippen molar-refractivity contribution in [3.05, 3.63) is 64.0 Å². The fourth-order valence-corrected chi connectivity index (χ4v) is 4.25. The summed E-state index contributed by atoms with van der Waals surface area (Å²) in [5, 5.41) is 13.3. The lowest BCUT2D eigenvalue weighted by Crippen LogP contribution is -2.29. The van der Waals surface area contributed by atoms with Gasteiger partial charge in [-0.05, 0) is 30.2 Å². The molecule has 3 rings (SSSR count). The number of carbonyl (C=O) groups excluding carboxylic acids is 1. The molecule has 0 unspecified atom stereocenters. The van der Waals surface area contributed by atoms with E-state index in [0.29, 0.717) is 27.8 Å². The number of fused-ring (bicyclic) bond motifs is 1. The van der Waals surface area contributed by atoms with Gasteiger partial charge in [0.25, 0.3) is 5.91 Å². The van der Waals surface area contributed by atoms with Crippen molar-refractivity contribution in [2.24, 2.45) is 0 Å². The molecule has 0 spiro atoms. The predicted octanol–water partition coefficient (Wildman–Crippen LogP) is 5.29. The topological polar surface area (TPSA) is 75.6 Å². The molecule has 1 heterocycles. The molecular formula is C21H20ClNO4S. The summed E-state index contributed by atoms with van der Waals surface area (Å²) in [6.07, 6.45) is 0.665. The summed E-state index contributed by atoms with van der Waals surface area (Å²) in [5.41, 5.74) is 0.692. The third kappa shape index (κ3) is 4.64.